The fraction of sp³-hybridized carbons (Fsp3) is 0.353. The Labute approximate surface area is 139 Å². The first-order chi connectivity index (χ1) is 10.6. The molecular weight excluding hydrogens is 314 g/mol. The van der Waals surface area contributed by atoms with Crippen LogP contribution in [-0.2, 0) is 4.79 Å². The van der Waals surface area contributed by atoms with Gasteiger partial charge in [0, 0.05) is 16.3 Å². The number of phenolic OH excluding ortho intramolecular Hbond substituents is 1. The van der Waals surface area contributed by atoms with Crippen LogP contribution in [0.25, 0.3) is 0 Å². The van der Waals surface area contributed by atoms with Crippen LogP contribution in [0, 0.1) is 0 Å². The van der Waals surface area contributed by atoms with Crippen LogP contribution in [0.15, 0.2) is 46.7 Å². The number of hydrogen-bond acceptors (Lipinski definition) is 4. The normalized spacial score (nSPS) is 19.3. The maximum Gasteiger partial charge on any atom is 0.236 e. The summed E-state index contributed by atoms with van der Waals surface area (Å²) in [6, 6.07) is 11.5. The lowest BCUT2D eigenvalue weighted by atomic mass is 10.2. The minimum Gasteiger partial charge on any atom is -0.508 e. The van der Waals surface area contributed by atoms with E-state index in [1.54, 1.807) is 29.5 Å². The SMILES string of the molecule is C[C@@H](Sc1cccc(O)c1)C(=O)N1CCC[C@@H]1c1cccs1. The van der Waals surface area contributed by atoms with Gasteiger partial charge in [-0.3, -0.25) is 4.79 Å². The van der Waals surface area contributed by atoms with Crippen molar-refractivity contribution in [1.82, 2.24) is 4.90 Å². The zero-order chi connectivity index (χ0) is 15.5. The van der Waals surface area contributed by atoms with Crippen molar-refractivity contribution in [1.29, 1.82) is 0 Å². The van der Waals surface area contributed by atoms with Gasteiger partial charge in [0.25, 0.3) is 0 Å². The summed E-state index contributed by atoms with van der Waals surface area (Å²) in [6.07, 6.45) is 2.12. The number of phenols is 1. The molecule has 0 spiro atoms. The monoisotopic (exact) mass is 333 g/mol. The lowest BCUT2D eigenvalue weighted by Gasteiger charge is -2.26. The molecule has 0 unspecified atom stereocenters. The number of nitrogens with zero attached hydrogens (tertiary/aromatic N) is 1. The average Bonchev–Trinajstić information content (AvgIpc) is 3.17. The Hall–Kier alpha value is -1.46. The Morgan fingerprint density at radius 1 is 1.41 bits per heavy atom. The van der Waals surface area contributed by atoms with Gasteiger partial charge in [0.1, 0.15) is 5.75 Å². The van der Waals surface area contributed by atoms with Crippen molar-refractivity contribution < 1.29 is 9.90 Å². The summed E-state index contributed by atoms with van der Waals surface area (Å²) in [5, 5.41) is 11.5. The highest BCUT2D eigenvalue weighted by molar-refractivity contribution is 8.00. The van der Waals surface area contributed by atoms with Gasteiger partial charge in [0.2, 0.25) is 5.91 Å². The first-order valence-corrected chi connectivity index (χ1v) is 9.20. The first kappa shape index (κ1) is 15.4. The Balaban J connectivity index is 1.70. The van der Waals surface area contributed by atoms with E-state index >= 15 is 0 Å². The third-order valence-electron chi connectivity index (χ3n) is 3.89. The minimum absolute atomic E-state index is 0.151. The van der Waals surface area contributed by atoms with E-state index in [0.717, 1.165) is 24.3 Å². The Kier molecular flexibility index (Phi) is 4.74. The van der Waals surface area contributed by atoms with Crippen LogP contribution < -0.4 is 0 Å². The molecule has 1 aromatic carbocycles. The molecule has 1 fully saturated rings. The molecule has 1 aliphatic rings. The first-order valence-electron chi connectivity index (χ1n) is 7.45. The van der Waals surface area contributed by atoms with Crippen molar-refractivity contribution in [2.75, 3.05) is 6.54 Å². The van der Waals surface area contributed by atoms with E-state index in [-0.39, 0.29) is 22.9 Å². The van der Waals surface area contributed by atoms with E-state index in [9.17, 15) is 9.90 Å². The molecule has 1 N–H and O–H groups in total. The fourth-order valence-corrected chi connectivity index (χ4v) is 4.72. The van der Waals surface area contributed by atoms with Crippen LogP contribution in [0.5, 0.6) is 5.75 Å². The zero-order valence-electron chi connectivity index (χ0n) is 12.4. The average molecular weight is 333 g/mol. The summed E-state index contributed by atoms with van der Waals surface area (Å²) < 4.78 is 0. The van der Waals surface area contributed by atoms with Crippen LogP contribution in [0.2, 0.25) is 0 Å². The molecular formula is C17H19NO2S2. The molecule has 116 valence electrons. The van der Waals surface area contributed by atoms with Gasteiger partial charge in [0.05, 0.1) is 11.3 Å². The molecule has 3 rings (SSSR count). The summed E-state index contributed by atoms with van der Waals surface area (Å²) in [5.41, 5.74) is 0. The number of thioether (sulfide) groups is 1. The Morgan fingerprint density at radius 2 is 2.27 bits per heavy atom. The van der Waals surface area contributed by atoms with Crippen LogP contribution in [0.3, 0.4) is 0 Å². The van der Waals surface area contributed by atoms with Crippen LogP contribution >= 0.6 is 23.1 Å². The van der Waals surface area contributed by atoms with Crippen molar-refractivity contribution in [3.8, 4) is 5.75 Å². The number of carbonyl (C=O) groups is 1. The van der Waals surface area contributed by atoms with Gasteiger partial charge in [-0.2, -0.15) is 0 Å². The van der Waals surface area contributed by atoms with E-state index < -0.39 is 0 Å². The second kappa shape index (κ2) is 6.75. The highest BCUT2D eigenvalue weighted by atomic mass is 32.2. The summed E-state index contributed by atoms with van der Waals surface area (Å²) in [4.78, 5) is 17.0. The second-order valence-electron chi connectivity index (χ2n) is 5.46. The predicted octanol–water partition coefficient (Wildman–Crippen LogP) is 4.30. The van der Waals surface area contributed by atoms with E-state index in [2.05, 4.69) is 11.4 Å². The highest BCUT2D eigenvalue weighted by Gasteiger charge is 2.33. The summed E-state index contributed by atoms with van der Waals surface area (Å²) >= 11 is 3.23. The molecule has 2 aromatic rings. The van der Waals surface area contributed by atoms with E-state index in [4.69, 9.17) is 0 Å². The van der Waals surface area contributed by atoms with Gasteiger partial charge >= 0.3 is 0 Å². The molecule has 0 bridgehead atoms. The highest BCUT2D eigenvalue weighted by Crippen LogP contribution is 2.36. The number of thiophene rings is 1. The van der Waals surface area contributed by atoms with Crippen LogP contribution in [0.1, 0.15) is 30.7 Å². The largest absolute Gasteiger partial charge is 0.508 e. The fourth-order valence-electron chi connectivity index (χ4n) is 2.85. The molecule has 1 saturated heterocycles. The standard InChI is InChI=1S/C17H19NO2S2/c1-12(22-14-6-2-5-13(19)11-14)17(20)18-9-3-7-15(18)16-8-4-10-21-16/h2,4-6,8,10-12,15,19H,3,7,9H2,1H3/t12-,15-/m1/s1. The number of carbonyl (C=O) groups excluding carboxylic acids is 1. The Bertz CT molecular complexity index is 642. The van der Waals surface area contributed by atoms with Crippen molar-refractivity contribution in [2.24, 2.45) is 0 Å². The van der Waals surface area contributed by atoms with Crippen molar-refractivity contribution in [3.63, 3.8) is 0 Å². The van der Waals surface area contributed by atoms with Crippen LogP contribution in [-0.4, -0.2) is 27.7 Å². The molecule has 3 nitrogen and oxygen atoms in total. The number of benzene rings is 1. The maximum atomic E-state index is 12.8. The minimum atomic E-state index is -0.151. The predicted molar refractivity (Wildman–Crippen MR) is 91.4 cm³/mol. The smallest absolute Gasteiger partial charge is 0.236 e. The molecule has 1 amide bonds. The molecule has 0 saturated carbocycles. The molecule has 5 heteroatoms. The molecule has 0 radical (unpaired) electrons. The van der Waals surface area contributed by atoms with Crippen molar-refractivity contribution in [3.05, 3.63) is 46.7 Å². The van der Waals surface area contributed by atoms with Crippen molar-refractivity contribution in [2.45, 2.75) is 36.0 Å². The van der Waals surface area contributed by atoms with Gasteiger partial charge in [0.15, 0.2) is 0 Å². The van der Waals surface area contributed by atoms with Gasteiger partial charge < -0.3 is 10.0 Å². The van der Waals surface area contributed by atoms with Crippen LogP contribution in [0.4, 0.5) is 0 Å². The zero-order valence-corrected chi connectivity index (χ0v) is 14.1. The molecule has 2 heterocycles. The summed E-state index contributed by atoms with van der Waals surface area (Å²) in [5.74, 6) is 0.423. The number of rotatable bonds is 4. The number of aromatic hydroxyl groups is 1. The van der Waals surface area contributed by atoms with E-state index in [0.29, 0.717) is 0 Å². The quantitative estimate of drug-likeness (QED) is 0.848. The second-order valence-corrected chi connectivity index (χ2v) is 7.86. The number of hydrogen-bond donors (Lipinski definition) is 1. The lowest BCUT2D eigenvalue weighted by molar-refractivity contribution is -0.131. The third-order valence-corrected chi connectivity index (χ3v) is 5.94. The Morgan fingerprint density at radius 3 is 3.00 bits per heavy atom. The van der Waals surface area contributed by atoms with Gasteiger partial charge in [-0.25, -0.2) is 0 Å². The summed E-state index contributed by atoms with van der Waals surface area (Å²) in [7, 11) is 0. The molecule has 2 atom stereocenters. The van der Waals surface area contributed by atoms with Gasteiger partial charge in [-0.05, 0) is 49.4 Å². The third kappa shape index (κ3) is 3.31. The van der Waals surface area contributed by atoms with Crippen molar-refractivity contribution >= 4 is 29.0 Å². The topological polar surface area (TPSA) is 40.5 Å². The van der Waals surface area contributed by atoms with Gasteiger partial charge in [-0.15, -0.1) is 23.1 Å². The van der Waals surface area contributed by atoms with E-state index in [1.807, 2.05) is 24.0 Å². The molecule has 0 aliphatic carbocycles. The maximum absolute atomic E-state index is 12.8. The van der Waals surface area contributed by atoms with Gasteiger partial charge in [-0.1, -0.05) is 12.1 Å². The molecule has 1 aliphatic heterocycles. The number of amides is 1. The van der Waals surface area contributed by atoms with E-state index in [1.165, 1.54) is 16.6 Å². The lowest BCUT2D eigenvalue weighted by Crippen LogP contribution is -2.35. The summed E-state index contributed by atoms with van der Waals surface area (Å²) in [6.45, 7) is 2.78. The number of likely N-dealkylation sites (tertiary alicyclic amines) is 1. The molecule has 22 heavy (non-hydrogen) atoms. The molecule has 1 aromatic heterocycles.